The predicted octanol–water partition coefficient (Wildman–Crippen LogP) is -4.22. The Balaban J connectivity index is 0.00000225. The molecule has 150 valence electrons. The number of hydrogen-bond acceptors (Lipinski definition) is 7. The van der Waals surface area contributed by atoms with Crippen LogP contribution in [0, 0.1) is 5.41 Å². The molecule has 4 amide bonds. The van der Waals surface area contributed by atoms with Crippen molar-refractivity contribution in [2.75, 3.05) is 19.6 Å². The molecule has 13 heteroatoms. The van der Waals surface area contributed by atoms with Gasteiger partial charge in [0.15, 0.2) is 0 Å². The summed E-state index contributed by atoms with van der Waals surface area (Å²) in [5.74, 6) is -0.222. The number of amides is 4. The fourth-order valence-electron chi connectivity index (χ4n) is 4.73. The van der Waals surface area contributed by atoms with E-state index in [0.29, 0.717) is 17.9 Å². The molecule has 11 nitrogen and oxygen atoms in total. The number of fused-ring (bicyclic) bond motifs is 2. The van der Waals surface area contributed by atoms with E-state index in [-0.39, 0.29) is 59.4 Å². The number of hydrogen-bond donors (Lipinski definition) is 1. The Kier molecular flexibility index (Phi) is 5.76. The second-order valence-corrected chi connectivity index (χ2v) is 8.94. The van der Waals surface area contributed by atoms with Gasteiger partial charge in [-0.3, -0.25) is 9.59 Å². The van der Waals surface area contributed by atoms with Crippen LogP contribution in [0.15, 0.2) is 0 Å². The number of hydroxylamine groups is 2. The number of carbonyl (C=O) groups is 3. The van der Waals surface area contributed by atoms with Crippen LogP contribution in [-0.4, -0.2) is 83.4 Å². The van der Waals surface area contributed by atoms with Gasteiger partial charge < -0.3 is 19.7 Å². The van der Waals surface area contributed by atoms with Crippen molar-refractivity contribution in [3.05, 3.63) is 0 Å². The second kappa shape index (κ2) is 7.40. The first kappa shape index (κ1) is 21.8. The van der Waals surface area contributed by atoms with Crippen molar-refractivity contribution < 1.29 is 61.2 Å². The summed E-state index contributed by atoms with van der Waals surface area (Å²) in [6.45, 7) is 3.13. The number of carbonyl (C=O) groups excluding carboxylic acids is 3. The Hall–Kier alpha value is -0.920. The number of likely N-dealkylation sites (tertiary alicyclic amines) is 1. The Morgan fingerprint density at radius 3 is 2.46 bits per heavy atom. The molecule has 0 radical (unpaired) electrons. The molecular weight excluding hydrogens is 403 g/mol. The summed E-state index contributed by atoms with van der Waals surface area (Å²) in [5.41, 5.74) is 0.109. The summed E-state index contributed by atoms with van der Waals surface area (Å²) in [6, 6.07) is -2.03. The summed E-state index contributed by atoms with van der Waals surface area (Å²) in [7, 11) is -5.05. The minimum absolute atomic E-state index is 0. The van der Waals surface area contributed by atoms with E-state index in [4.69, 9.17) is 0 Å². The summed E-state index contributed by atoms with van der Waals surface area (Å²) in [5, 5.41) is 3.51. The number of piperidine rings is 1. The molecule has 4 aliphatic rings. The Morgan fingerprint density at radius 2 is 1.89 bits per heavy atom. The third kappa shape index (κ3) is 3.90. The number of urea groups is 1. The van der Waals surface area contributed by atoms with Crippen LogP contribution < -0.4 is 34.9 Å². The van der Waals surface area contributed by atoms with E-state index in [1.165, 1.54) is 4.90 Å². The maximum atomic E-state index is 12.6. The topological polar surface area (TPSA) is 139 Å². The number of nitrogens with one attached hydrogen (secondary N) is 1. The molecule has 1 aliphatic carbocycles. The molecule has 28 heavy (non-hydrogen) atoms. The quantitative estimate of drug-likeness (QED) is 0.274. The van der Waals surface area contributed by atoms with E-state index >= 15 is 0 Å². The third-order valence-electron chi connectivity index (χ3n) is 6.00. The van der Waals surface area contributed by atoms with E-state index in [9.17, 15) is 27.4 Å². The fourth-order valence-corrected chi connectivity index (χ4v) is 5.11. The van der Waals surface area contributed by atoms with E-state index in [1.807, 2.05) is 0 Å². The van der Waals surface area contributed by atoms with Crippen LogP contribution in [0.1, 0.15) is 32.6 Å². The van der Waals surface area contributed by atoms with Gasteiger partial charge in [-0.15, -0.1) is 0 Å². The van der Waals surface area contributed by atoms with Gasteiger partial charge in [0, 0.05) is 38.0 Å². The Bertz CT molecular complexity index is 792. The monoisotopic (exact) mass is 424 g/mol. The average Bonchev–Trinajstić information content (AvgIpc) is 2.71. The summed E-state index contributed by atoms with van der Waals surface area (Å²) < 4.78 is 36.6. The zero-order valence-electron chi connectivity index (χ0n) is 15.8. The molecule has 4 rings (SSSR count). The summed E-state index contributed by atoms with van der Waals surface area (Å²) in [6.07, 6.45) is 2.35. The summed E-state index contributed by atoms with van der Waals surface area (Å²) in [4.78, 5) is 39.2. The number of nitrogens with zero attached hydrogens (tertiary/aromatic N) is 3. The maximum absolute atomic E-state index is 12.6. The minimum atomic E-state index is -5.05. The van der Waals surface area contributed by atoms with Crippen LogP contribution in [-0.2, 0) is 24.3 Å². The van der Waals surface area contributed by atoms with Crippen molar-refractivity contribution in [2.45, 2.75) is 50.7 Å². The second-order valence-electron chi connectivity index (χ2n) is 7.98. The van der Waals surface area contributed by atoms with E-state index in [1.54, 1.807) is 11.8 Å². The molecular formula is C15H21N4NaO7S. The number of rotatable bonds is 4. The van der Waals surface area contributed by atoms with Crippen molar-refractivity contribution >= 4 is 28.2 Å². The molecule has 2 atom stereocenters. The zero-order chi connectivity index (χ0) is 19.6. The molecule has 0 unspecified atom stereocenters. The minimum Gasteiger partial charge on any atom is -0.724 e. The fraction of sp³-hybridized carbons (Fsp3) is 0.800. The van der Waals surface area contributed by atoms with Crippen LogP contribution in [0.5, 0.6) is 0 Å². The van der Waals surface area contributed by atoms with Gasteiger partial charge in [-0.1, -0.05) is 0 Å². The van der Waals surface area contributed by atoms with Crippen molar-refractivity contribution in [3.63, 3.8) is 0 Å². The van der Waals surface area contributed by atoms with Crippen LogP contribution in [0.4, 0.5) is 4.79 Å². The largest absolute Gasteiger partial charge is 1.00 e. The molecule has 3 heterocycles. The SMILES string of the molecule is CC(=O)N1CC2(CC(NC(=O)[C@@H]3CC[C@@H]4CN3C(=O)N4OS(=O)(=O)[O-])C2)C1.[Na+]. The molecule has 1 N–H and O–H groups in total. The summed E-state index contributed by atoms with van der Waals surface area (Å²) >= 11 is 0. The van der Waals surface area contributed by atoms with Gasteiger partial charge in [0.2, 0.25) is 22.2 Å². The molecule has 0 aromatic carbocycles. The standard InChI is InChI=1S/C15H22N4O7S.Na/c1-9(20)17-7-15(8-17)4-10(5-15)16-13(21)12-3-2-11-6-18(12)14(22)19(11)26-27(23,24)25;/h10-12H,2-8H2,1H3,(H,16,21)(H,23,24,25);/q;+1/p-1/t11-,12+;/m1./s1. The molecule has 1 spiro atoms. The zero-order valence-corrected chi connectivity index (χ0v) is 18.6. The van der Waals surface area contributed by atoms with Crippen molar-refractivity contribution in [1.82, 2.24) is 20.2 Å². The van der Waals surface area contributed by atoms with Gasteiger partial charge in [-0.25, -0.2) is 13.2 Å². The first-order chi connectivity index (χ1) is 12.6. The van der Waals surface area contributed by atoms with Crippen LogP contribution in [0.25, 0.3) is 0 Å². The molecule has 3 aliphatic heterocycles. The van der Waals surface area contributed by atoms with Crippen molar-refractivity contribution in [3.8, 4) is 0 Å². The molecule has 4 fully saturated rings. The maximum Gasteiger partial charge on any atom is 1.00 e. The van der Waals surface area contributed by atoms with E-state index in [0.717, 1.165) is 25.9 Å². The van der Waals surface area contributed by atoms with Crippen LogP contribution >= 0.6 is 0 Å². The molecule has 1 saturated carbocycles. The van der Waals surface area contributed by atoms with Crippen LogP contribution in [0.2, 0.25) is 0 Å². The van der Waals surface area contributed by atoms with Crippen molar-refractivity contribution in [2.24, 2.45) is 5.41 Å². The molecule has 0 aromatic heterocycles. The van der Waals surface area contributed by atoms with E-state index in [2.05, 4.69) is 9.60 Å². The van der Waals surface area contributed by atoms with Crippen LogP contribution in [0.3, 0.4) is 0 Å². The average molecular weight is 424 g/mol. The molecule has 0 aromatic rings. The first-order valence-corrected chi connectivity index (χ1v) is 10.2. The van der Waals surface area contributed by atoms with Gasteiger partial charge in [-0.05, 0) is 25.7 Å². The van der Waals surface area contributed by atoms with Gasteiger partial charge >= 0.3 is 35.6 Å². The van der Waals surface area contributed by atoms with E-state index < -0.39 is 28.5 Å². The predicted molar refractivity (Wildman–Crippen MR) is 87.4 cm³/mol. The van der Waals surface area contributed by atoms with Gasteiger partial charge in [0.25, 0.3) is 0 Å². The Labute approximate surface area is 184 Å². The normalized spacial score (nSPS) is 28.5. The third-order valence-corrected chi connectivity index (χ3v) is 6.34. The molecule has 2 bridgehead atoms. The first-order valence-electron chi connectivity index (χ1n) is 8.88. The smallest absolute Gasteiger partial charge is 0.724 e. The van der Waals surface area contributed by atoms with Crippen molar-refractivity contribution in [1.29, 1.82) is 0 Å². The molecule has 3 saturated heterocycles. The van der Waals surface area contributed by atoms with Gasteiger partial charge in [0.05, 0.1) is 6.04 Å². The van der Waals surface area contributed by atoms with Gasteiger partial charge in [0.1, 0.15) is 6.04 Å². The van der Waals surface area contributed by atoms with Gasteiger partial charge in [-0.2, -0.15) is 9.35 Å². The Morgan fingerprint density at radius 1 is 1.25 bits per heavy atom.